The summed E-state index contributed by atoms with van der Waals surface area (Å²) in [7, 11) is -1.12. The summed E-state index contributed by atoms with van der Waals surface area (Å²) in [4.78, 5) is 16.7. The molecule has 0 aliphatic rings. The summed E-state index contributed by atoms with van der Waals surface area (Å²) in [5.74, 6) is 1.05. The number of carboxylic acid groups (broad SMARTS) is 1. The van der Waals surface area contributed by atoms with Crippen LogP contribution in [-0.2, 0) is 16.6 Å². The van der Waals surface area contributed by atoms with Gasteiger partial charge < -0.3 is 14.6 Å². The number of carbonyl (C=O) groups is 1. The third kappa shape index (κ3) is 5.11. The van der Waals surface area contributed by atoms with Crippen LogP contribution in [0.3, 0.4) is 0 Å². The zero-order valence-corrected chi connectivity index (χ0v) is 22.3. The summed E-state index contributed by atoms with van der Waals surface area (Å²) in [5, 5.41) is 14.6. The lowest BCUT2D eigenvalue weighted by atomic mass is 10.2. The Balaban J connectivity index is 1.61. The lowest BCUT2D eigenvalue weighted by molar-refractivity contribution is 0.197. The second-order valence-electron chi connectivity index (χ2n) is 8.36. The number of sulfonamides is 1. The van der Waals surface area contributed by atoms with E-state index in [0.29, 0.717) is 22.5 Å². The van der Waals surface area contributed by atoms with Gasteiger partial charge in [0.1, 0.15) is 17.2 Å². The molecule has 2 aromatic heterocycles. The van der Waals surface area contributed by atoms with Gasteiger partial charge in [0.15, 0.2) is 11.6 Å². The normalized spacial score (nSPS) is 11.5. The second kappa shape index (κ2) is 10.3. The van der Waals surface area contributed by atoms with Gasteiger partial charge in [0.05, 0.1) is 41.7 Å². The van der Waals surface area contributed by atoms with Crippen molar-refractivity contribution in [2.75, 3.05) is 18.9 Å². The first-order chi connectivity index (χ1) is 18.7. The number of para-hydroxylation sites is 2. The predicted octanol–water partition coefficient (Wildman–Crippen LogP) is 4.95. The molecule has 2 heterocycles. The molecule has 0 atom stereocenters. The van der Waals surface area contributed by atoms with Gasteiger partial charge in [-0.2, -0.15) is 5.10 Å². The highest BCUT2D eigenvalue weighted by atomic mass is 35.5. The number of halogens is 1. The molecule has 0 saturated carbocycles. The Morgan fingerprint density at radius 1 is 1.03 bits per heavy atom. The standard InChI is InChI=1S/C26H22ClN5O6S/c1-37-17-9-7-16(8-10-17)15-31-22(25-28-20-5-3-4-6-21(20)32(25)26(33)34)14-24(29-31)30-39(35,36)18-11-12-23(38-2)19(27)13-18/h3-14H,15H2,1-2H3,(H,29,30)(H,33,34). The van der Waals surface area contributed by atoms with Crippen LogP contribution in [0.25, 0.3) is 22.6 Å². The first-order valence-corrected chi connectivity index (χ1v) is 13.3. The maximum atomic E-state index is 13.2. The summed E-state index contributed by atoms with van der Waals surface area (Å²) >= 11 is 6.13. The van der Waals surface area contributed by atoms with Gasteiger partial charge >= 0.3 is 6.09 Å². The van der Waals surface area contributed by atoms with Crippen LogP contribution in [0, 0.1) is 0 Å². The van der Waals surface area contributed by atoms with Crippen LogP contribution in [-0.4, -0.2) is 53.2 Å². The summed E-state index contributed by atoms with van der Waals surface area (Å²) in [6.45, 7) is 0.193. The number of methoxy groups -OCH3 is 2. The Hall–Kier alpha value is -4.55. The fraction of sp³-hybridized carbons (Fsp3) is 0.115. The van der Waals surface area contributed by atoms with Crippen molar-refractivity contribution in [3.8, 4) is 23.0 Å². The molecule has 0 radical (unpaired) electrons. The van der Waals surface area contributed by atoms with E-state index in [0.717, 1.165) is 10.1 Å². The number of imidazole rings is 1. The van der Waals surface area contributed by atoms with E-state index >= 15 is 0 Å². The van der Waals surface area contributed by atoms with Crippen LogP contribution in [0.15, 0.2) is 77.7 Å². The van der Waals surface area contributed by atoms with E-state index in [1.165, 1.54) is 36.1 Å². The predicted molar refractivity (Wildman–Crippen MR) is 145 cm³/mol. The molecule has 0 aliphatic heterocycles. The third-order valence-corrected chi connectivity index (χ3v) is 7.57. The Labute approximate surface area is 228 Å². The molecule has 0 fully saturated rings. The minimum absolute atomic E-state index is 0.0329. The summed E-state index contributed by atoms with van der Waals surface area (Å²) in [6, 6.07) is 19.5. The summed E-state index contributed by atoms with van der Waals surface area (Å²) in [5.41, 5.74) is 1.94. The van der Waals surface area contributed by atoms with Crippen molar-refractivity contribution in [1.82, 2.24) is 19.3 Å². The van der Waals surface area contributed by atoms with Crippen molar-refractivity contribution in [1.29, 1.82) is 0 Å². The molecule has 3 aromatic carbocycles. The highest BCUT2D eigenvalue weighted by Crippen LogP contribution is 2.30. The van der Waals surface area contributed by atoms with Crippen LogP contribution >= 0.6 is 11.6 Å². The molecular formula is C26H22ClN5O6S. The highest BCUT2D eigenvalue weighted by molar-refractivity contribution is 7.92. The molecule has 200 valence electrons. The van der Waals surface area contributed by atoms with Crippen molar-refractivity contribution in [3.05, 3.63) is 83.4 Å². The van der Waals surface area contributed by atoms with E-state index in [4.69, 9.17) is 21.1 Å². The average molecular weight is 568 g/mol. The number of fused-ring (bicyclic) bond motifs is 1. The fourth-order valence-electron chi connectivity index (χ4n) is 4.07. The molecule has 5 rings (SSSR count). The first kappa shape index (κ1) is 26.1. The molecule has 13 heteroatoms. The fourth-order valence-corrected chi connectivity index (χ4v) is 5.41. The van der Waals surface area contributed by atoms with Crippen LogP contribution in [0.1, 0.15) is 5.56 Å². The quantitative estimate of drug-likeness (QED) is 0.269. The summed E-state index contributed by atoms with van der Waals surface area (Å²) in [6.07, 6.45) is -1.24. The van der Waals surface area contributed by atoms with Crippen LogP contribution < -0.4 is 14.2 Å². The maximum absolute atomic E-state index is 13.2. The van der Waals surface area contributed by atoms with E-state index < -0.39 is 16.1 Å². The first-order valence-electron chi connectivity index (χ1n) is 11.5. The van der Waals surface area contributed by atoms with Crippen molar-refractivity contribution >= 4 is 44.6 Å². The number of rotatable bonds is 8. The average Bonchev–Trinajstić information content (AvgIpc) is 3.49. The molecule has 11 nitrogen and oxygen atoms in total. The van der Waals surface area contributed by atoms with E-state index in [-0.39, 0.29) is 33.8 Å². The molecular weight excluding hydrogens is 546 g/mol. The van der Waals surface area contributed by atoms with Gasteiger partial charge in [-0.3, -0.25) is 9.40 Å². The zero-order valence-electron chi connectivity index (χ0n) is 20.7. The molecule has 0 unspecified atom stereocenters. The largest absolute Gasteiger partial charge is 0.497 e. The monoisotopic (exact) mass is 567 g/mol. The van der Waals surface area contributed by atoms with Crippen LogP contribution in [0.2, 0.25) is 5.02 Å². The highest BCUT2D eigenvalue weighted by Gasteiger charge is 2.24. The lowest BCUT2D eigenvalue weighted by Crippen LogP contribution is -2.14. The molecule has 0 amide bonds. The Morgan fingerprint density at radius 3 is 2.44 bits per heavy atom. The number of nitrogens with one attached hydrogen (secondary N) is 1. The molecule has 5 aromatic rings. The van der Waals surface area contributed by atoms with Gasteiger partial charge in [-0.15, -0.1) is 0 Å². The second-order valence-corrected chi connectivity index (χ2v) is 10.5. The molecule has 2 N–H and O–H groups in total. The number of benzene rings is 3. The Kier molecular flexibility index (Phi) is 6.89. The Bertz CT molecular complexity index is 1800. The molecule has 0 aliphatic carbocycles. The van der Waals surface area contributed by atoms with E-state index in [9.17, 15) is 18.3 Å². The van der Waals surface area contributed by atoms with Crippen LogP contribution in [0.4, 0.5) is 10.6 Å². The number of hydrogen-bond donors (Lipinski definition) is 2. The van der Waals surface area contributed by atoms with Gasteiger partial charge in [0.2, 0.25) is 0 Å². The minimum Gasteiger partial charge on any atom is -0.497 e. The van der Waals surface area contributed by atoms with Crippen molar-refractivity contribution in [2.24, 2.45) is 0 Å². The van der Waals surface area contributed by atoms with E-state index in [1.54, 1.807) is 43.5 Å². The van der Waals surface area contributed by atoms with Gasteiger partial charge in [-0.25, -0.2) is 22.8 Å². The van der Waals surface area contributed by atoms with E-state index in [1.807, 2.05) is 12.1 Å². The molecule has 0 spiro atoms. The van der Waals surface area contributed by atoms with Crippen molar-refractivity contribution < 1.29 is 27.8 Å². The number of aromatic nitrogens is 4. The number of anilines is 1. The molecule has 0 bridgehead atoms. The topological polar surface area (TPSA) is 138 Å². The van der Waals surface area contributed by atoms with Gasteiger partial charge in [-0.1, -0.05) is 35.9 Å². The number of hydrogen-bond acceptors (Lipinski definition) is 7. The maximum Gasteiger partial charge on any atom is 0.417 e. The summed E-state index contributed by atoms with van der Waals surface area (Å²) < 4.78 is 41.6. The minimum atomic E-state index is -4.11. The van der Waals surface area contributed by atoms with Crippen molar-refractivity contribution in [2.45, 2.75) is 11.4 Å². The van der Waals surface area contributed by atoms with Gasteiger partial charge in [0.25, 0.3) is 10.0 Å². The Morgan fingerprint density at radius 2 is 1.77 bits per heavy atom. The molecule has 0 saturated heterocycles. The zero-order chi connectivity index (χ0) is 27.7. The number of nitrogens with zero attached hydrogens (tertiary/aromatic N) is 4. The van der Waals surface area contributed by atoms with Crippen molar-refractivity contribution in [3.63, 3.8) is 0 Å². The smallest absolute Gasteiger partial charge is 0.417 e. The number of ether oxygens (including phenoxy) is 2. The third-order valence-electron chi connectivity index (χ3n) is 5.93. The lowest BCUT2D eigenvalue weighted by Gasteiger charge is -2.09. The van der Waals surface area contributed by atoms with Gasteiger partial charge in [0, 0.05) is 6.07 Å². The van der Waals surface area contributed by atoms with E-state index in [2.05, 4.69) is 14.8 Å². The van der Waals surface area contributed by atoms with Gasteiger partial charge in [-0.05, 0) is 48.0 Å². The SMILES string of the molecule is COc1ccc(Cn2nc(NS(=O)(=O)c3ccc(OC)c(Cl)c3)cc2-c2nc3ccccc3n2C(=O)O)cc1. The molecule has 39 heavy (non-hydrogen) atoms. The van der Waals surface area contributed by atoms with Crippen LogP contribution in [0.5, 0.6) is 11.5 Å².